The van der Waals surface area contributed by atoms with Crippen LogP contribution in [0, 0.1) is 12.3 Å². The summed E-state index contributed by atoms with van der Waals surface area (Å²) in [5.74, 6) is 1.56. The molecule has 0 saturated heterocycles. The maximum absolute atomic E-state index is 11.4. The summed E-state index contributed by atoms with van der Waals surface area (Å²) in [7, 11) is 0. The minimum Gasteiger partial charge on any atom is -0.478 e. The molecule has 124 valence electrons. The van der Waals surface area contributed by atoms with Crippen LogP contribution >= 0.6 is 11.3 Å². The van der Waals surface area contributed by atoms with Gasteiger partial charge in [-0.2, -0.15) is 0 Å². The molecule has 0 amide bonds. The molecule has 0 bridgehead atoms. The van der Waals surface area contributed by atoms with Crippen LogP contribution in [0.4, 0.5) is 0 Å². The van der Waals surface area contributed by atoms with Gasteiger partial charge in [0.1, 0.15) is 0 Å². The van der Waals surface area contributed by atoms with E-state index in [1.54, 1.807) is 35.0 Å². The fourth-order valence-electron chi connectivity index (χ4n) is 2.85. The molecule has 0 fully saturated rings. The first-order chi connectivity index (χ1) is 12.7. The maximum Gasteiger partial charge on any atom is 0.336 e. The first-order valence-electron chi connectivity index (χ1n) is 7.94. The van der Waals surface area contributed by atoms with Crippen LogP contribution < -0.4 is 0 Å². The quantitative estimate of drug-likeness (QED) is 0.437. The van der Waals surface area contributed by atoms with Gasteiger partial charge in [-0.05, 0) is 47.0 Å². The molecule has 0 saturated carbocycles. The molecule has 4 heteroatoms. The molecule has 0 atom stereocenters. The molecular weight excluding hydrogens is 342 g/mol. The Hall–Kier alpha value is -3.42. The van der Waals surface area contributed by atoms with Crippen molar-refractivity contribution < 1.29 is 9.90 Å². The fourth-order valence-corrected chi connectivity index (χ4v) is 3.51. The van der Waals surface area contributed by atoms with Crippen LogP contribution in [0.2, 0.25) is 0 Å². The molecule has 1 heterocycles. The zero-order chi connectivity index (χ0) is 18.1. The van der Waals surface area contributed by atoms with Gasteiger partial charge in [-0.3, -0.25) is 0 Å². The number of hydrogen-bond donors (Lipinski definition) is 1. The fraction of sp³-hybridized carbons (Fsp3) is 0. The summed E-state index contributed by atoms with van der Waals surface area (Å²) in [5, 5.41) is 9.34. The van der Waals surface area contributed by atoms with Gasteiger partial charge < -0.3 is 5.11 Å². The molecule has 26 heavy (non-hydrogen) atoms. The minimum absolute atomic E-state index is 0.204. The van der Waals surface area contributed by atoms with Gasteiger partial charge in [-0.15, -0.1) is 17.8 Å². The predicted octanol–water partition coefficient (Wildman–Crippen LogP) is 5.31. The van der Waals surface area contributed by atoms with Gasteiger partial charge in [-0.25, -0.2) is 9.78 Å². The molecule has 0 spiro atoms. The van der Waals surface area contributed by atoms with Crippen molar-refractivity contribution in [3.63, 3.8) is 0 Å². The molecule has 2 aliphatic rings. The second kappa shape index (κ2) is 6.47. The number of carboxylic acid groups (broad SMARTS) is 1. The summed E-state index contributed by atoms with van der Waals surface area (Å²) in [6.07, 6.45) is 5.49. The minimum atomic E-state index is -0.990. The highest BCUT2D eigenvalue weighted by molar-refractivity contribution is 7.16. The van der Waals surface area contributed by atoms with Crippen molar-refractivity contribution in [3.05, 3.63) is 77.3 Å². The van der Waals surface area contributed by atoms with E-state index in [-0.39, 0.29) is 5.56 Å². The molecule has 1 aromatic heterocycles. The van der Waals surface area contributed by atoms with E-state index >= 15 is 0 Å². The zero-order valence-electron chi connectivity index (χ0n) is 13.6. The van der Waals surface area contributed by atoms with Crippen LogP contribution in [0.5, 0.6) is 0 Å². The van der Waals surface area contributed by atoms with Gasteiger partial charge in [0.05, 0.1) is 21.3 Å². The lowest BCUT2D eigenvalue weighted by atomic mass is 9.94. The van der Waals surface area contributed by atoms with Gasteiger partial charge in [0, 0.05) is 11.1 Å². The van der Waals surface area contributed by atoms with Crippen LogP contribution in [-0.2, 0) is 0 Å². The van der Waals surface area contributed by atoms with Crippen LogP contribution in [0.1, 0.15) is 15.9 Å². The lowest BCUT2D eigenvalue weighted by Crippen LogP contribution is -2.01. The Morgan fingerprint density at radius 2 is 1.77 bits per heavy atom. The maximum atomic E-state index is 11.4. The molecule has 0 aliphatic heterocycles. The normalized spacial score (nSPS) is 10.6. The smallest absolute Gasteiger partial charge is 0.336 e. The molecule has 5 rings (SSSR count). The van der Waals surface area contributed by atoms with E-state index in [2.05, 4.69) is 35.2 Å². The van der Waals surface area contributed by atoms with Crippen LogP contribution in [-0.4, -0.2) is 16.1 Å². The largest absolute Gasteiger partial charge is 0.478 e. The second-order valence-electron chi connectivity index (χ2n) is 5.79. The number of terminal acetylenes is 1. The summed E-state index contributed by atoms with van der Waals surface area (Å²) in [6, 6.07) is 19.1. The Bertz CT molecular complexity index is 1170. The first kappa shape index (κ1) is 16.1. The van der Waals surface area contributed by atoms with Gasteiger partial charge >= 0.3 is 5.97 Å². The highest BCUT2D eigenvalue weighted by Gasteiger charge is 2.15. The van der Waals surface area contributed by atoms with E-state index in [0.29, 0.717) is 11.1 Å². The van der Waals surface area contributed by atoms with Crippen LogP contribution in [0.25, 0.3) is 32.5 Å². The van der Waals surface area contributed by atoms with Gasteiger partial charge in [0.2, 0.25) is 0 Å². The number of nitrogens with zero attached hydrogens (tertiary/aromatic N) is 1. The predicted molar refractivity (Wildman–Crippen MR) is 105 cm³/mol. The Kier molecular flexibility index (Phi) is 4.00. The zero-order valence-corrected chi connectivity index (χ0v) is 14.5. The third kappa shape index (κ3) is 2.97. The number of rotatable bonds is 2. The molecule has 2 aliphatic carbocycles. The number of thiazole rings is 1. The molecule has 2 aromatic carbocycles. The average Bonchev–Trinajstić information content (AvgIpc) is 3.06. The Labute approximate surface area is 154 Å². The summed E-state index contributed by atoms with van der Waals surface area (Å²) in [5.41, 5.74) is 7.57. The molecule has 3 aromatic rings. The Balaban J connectivity index is 0.000000233. The van der Waals surface area contributed by atoms with E-state index in [9.17, 15) is 9.90 Å². The lowest BCUT2D eigenvalue weighted by Gasteiger charge is -2.09. The van der Waals surface area contributed by atoms with E-state index in [1.807, 2.05) is 18.2 Å². The van der Waals surface area contributed by atoms with Gasteiger partial charge in [0.15, 0.2) is 0 Å². The van der Waals surface area contributed by atoms with Crippen molar-refractivity contribution >= 4 is 27.5 Å². The second-order valence-corrected chi connectivity index (χ2v) is 6.68. The summed E-state index contributed by atoms with van der Waals surface area (Å²) < 4.78 is 1.06. The van der Waals surface area contributed by atoms with Crippen molar-refractivity contribution in [2.24, 2.45) is 0 Å². The van der Waals surface area contributed by atoms with Crippen molar-refractivity contribution in [1.82, 2.24) is 4.98 Å². The number of benzene rings is 3. The third-order valence-electron chi connectivity index (χ3n) is 4.18. The molecule has 0 unspecified atom stereocenters. The van der Waals surface area contributed by atoms with Gasteiger partial charge in [0.25, 0.3) is 0 Å². The van der Waals surface area contributed by atoms with Crippen LogP contribution in [0.15, 0.2) is 66.2 Å². The Morgan fingerprint density at radius 3 is 2.38 bits per heavy atom. The highest BCUT2D eigenvalue weighted by atomic mass is 32.1. The lowest BCUT2D eigenvalue weighted by molar-refractivity contribution is 0.0697. The molecule has 0 radical (unpaired) electrons. The summed E-state index contributed by atoms with van der Waals surface area (Å²) in [6.45, 7) is 0. The van der Waals surface area contributed by atoms with E-state index < -0.39 is 5.97 Å². The first-order valence-corrected chi connectivity index (χ1v) is 8.82. The molecular formula is C22H13NO2S. The van der Waals surface area contributed by atoms with Crippen molar-refractivity contribution in [2.45, 2.75) is 0 Å². The number of hydrogen-bond acceptors (Lipinski definition) is 3. The topological polar surface area (TPSA) is 50.2 Å². The molecule has 3 nitrogen and oxygen atoms in total. The van der Waals surface area contributed by atoms with Crippen molar-refractivity contribution in [1.29, 1.82) is 0 Å². The SMILES string of the molecule is C#Cc1cccc(C(=O)O)c1-c1ccc2scnc2c1.c1cc2cc-2c1. The van der Waals surface area contributed by atoms with E-state index in [4.69, 9.17) is 6.42 Å². The van der Waals surface area contributed by atoms with E-state index in [1.165, 1.54) is 11.1 Å². The standard InChI is InChI=1S/C16H9NO2S.C6H4/c1-2-10-4-3-5-12(16(18)19)15(10)11-6-7-14-13(8-11)17-9-20-14;1-2-5-4-6(5)3-1/h1,3-9H,(H,18,19);1-4H. The summed E-state index contributed by atoms with van der Waals surface area (Å²) >= 11 is 1.54. The van der Waals surface area contributed by atoms with Crippen molar-refractivity contribution in [3.8, 4) is 34.6 Å². The summed E-state index contributed by atoms with van der Waals surface area (Å²) in [4.78, 5) is 15.6. The van der Waals surface area contributed by atoms with E-state index in [0.717, 1.165) is 15.8 Å². The number of carbonyl (C=O) groups is 1. The highest BCUT2D eigenvalue weighted by Crippen LogP contribution is 2.33. The van der Waals surface area contributed by atoms with Crippen molar-refractivity contribution in [2.75, 3.05) is 0 Å². The number of aromatic nitrogens is 1. The third-order valence-corrected chi connectivity index (χ3v) is 4.99. The monoisotopic (exact) mass is 355 g/mol. The van der Waals surface area contributed by atoms with Crippen LogP contribution in [0.3, 0.4) is 0 Å². The number of carboxylic acids is 1. The van der Waals surface area contributed by atoms with Gasteiger partial charge in [-0.1, -0.05) is 36.3 Å². The number of aromatic carboxylic acids is 1. The average molecular weight is 355 g/mol. The molecule has 1 N–H and O–H groups in total. The Morgan fingerprint density at radius 1 is 1.00 bits per heavy atom. The number of fused-ring (bicyclic) bond motifs is 2.